The summed E-state index contributed by atoms with van der Waals surface area (Å²) < 4.78 is 17.1. The molecular formula is C24H21N3O5S. The third-order valence-corrected chi connectivity index (χ3v) is 5.57. The number of amides is 2. The number of aromatic nitrogens is 1. The van der Waals surface area contributed by atoms with Crippen LogP contribution >= 0.6 is 11.3 Å². The van der Waals surface area contributed by atoms with Gasteiger partial charge in [-0.1, -0.05) is 29.5 Å². The summed E-state index contributed by atoms with van der Waals surface area (Å²) in [6.07, 6.45) is 0. The van der Waals surface area contributed by atoms with Gasteiger partial charge in [-0.3, -0.25) is 9.59 Å². The SMILES string of the molecule is COc1ccc(C(=O)NCC(=O)Nc2nc3ccc(Oc4ccccc4)cc3s2)cc1OC. The molecule has 4 aromatic rings. The first-order valence-corrected chi connectivity index (χ1v) is 10.8. The molecule has 0 atom stereocenters. The standard InChI is InChI=1S/C24H21N3O5S/c1-30-19-11-8-15(12-20(19)31-2)23(29)25-14-22(28)27-24-26-18-10-9-17(13-21(18)33-24)32-16-6-4-3-5-7-16/h3-13H,14H2,1-2H3,(H,25,29)(H,26,27,28). The van der Waals surface area contributed by atoms with E-state index in [0.29, 0.717) is 27.9 Å². The largest absolute Gasteiger partial charge is 0.493 e. The second-order valence-electron chi connectivity index (χ2n) is 6.86. The number of ether oxygens (including phenoxy) is 3. The Kier molecular flexibility index (Phi) is 6.70. The number of thiazole rings is 1. The van der Waals surface area contributed by atoms with Crippen molar-refractivity contribution in [3.05, 3.63) is 72.3 Å². The molecule has 0 saturated heterocycles. The van der Waals surface area contributed by atoms with Gasteiger partial charge in [0.05, 0.1) is 31.0 Å². The molecule has 9 heteroatoms. The summed E-state index contributed by atoms with van der Waals surface area (Å²) in [5.74, 6) is 1.57. The molecule has 2 amide bonds. The fourth-order valence-corrected chi connectivity index (χ4v) is 3.96. The topological polar surface area (TPSA) is 98.8 Å². The van der Waals surface area contributed by atoms with E-state index in [4.69, 9.17) is 14.2 Å². The highest BCUT2D eigenvalue weighted by Gasteiger charge is 2.13. The van der Waals surface area contributed by atoms with Gasteiger partial charge in [-0.25, -0.2) is 4.98 Å². The van der Waals surface area contributed by atoms with E-state index in [-0.39, 0.29) is 12.5 Å². The van der Waals surface area contributed by atoms with Crippen molar-refractivity contribution in [1.82, 2.24) is 10.3 Å². The van der Waals surface area contributed by atoms with Gasteiger partial charge >= 0.3 is 0 Å². The molecule has 0 aliphatic rings. The number of carbonyl (C=O) groups is 2. The van der Waals surface area contributed by atoms with Crippen LogP contribution in [0.3, 0.4) is 0 Å². The van der Waals surface area contributed by atoms with E-state index >= 15 is 0 Å². The van der Waals surface area contributed by atoms with Crippen LogP contribution in [0.4, 0.5) is 5.13 Å². The molecule has 168 valence electrons. The van der Waals surface area contributed by atoms with Crippen molar-refractivity contribution in [3.8, 4) is 23.0 Å². The van der Waals surface area contributed by atoms with E-state index in [9.17, 15) is 9.59 Å². The Morgan fingerprint density at radius 2 is 1.70 bits per heavy atom. The fraction of sp³-hybridized carbons (Fsp3) is 0.125. The zero-order valence-electron chi connectivity index (χ0n) is 18.0. The molecule has 0 unspecified atom stereocenters. The monoisotopic (exact) mass is 463 g/mol. The zero-order valence-corrected chi connectivity index (χ0v) is 18.8. The van der Waals surface area contributed by atoms with E-state index in [2.05, 4.69) is 15.6 Å². The maximum atomic E-state index is 12.4. The van der Waals surface area contributed by atoms with Gasteiger partial charge in [-0.15, -0.1) is 0 Å². The minimum Gasteiger partial charge on any atom is -0.493 e. The maximum absolute atomic E-state index is 12.4. The van der Waals surface area contributed by atoms with Crippen LogP contribution in [-0.2, 0) is 4.79 Å². The number of benzene rings is 3. The maximum Gasteiger partial charge on any atom is 0.251 e. The van der Waals surface area contributed by atoms with Crippen LogP contribution in [0.2, 0.25) is 0 Å². The molecule has 1 aromatic heterocycles. The minimum absolute atomic E-state index is 0.203. The molecule has 0 aliphatic heterocycles. The minimum atomic E-state index is -0.405. The number of fused-ring (bicyclic) bond motifs is 1. The lowest BCUT2D eigenvalue weighted by Crippen LogP contribution is -2.32. The molecule has 0 bridgehead atoms. The lowest BCUT2D eigenvalue weighted by molar-refractivity contribution is -0.115. The second kappa shape index (κ2) is 10.0. The first kappa shape index (κ1) is 22.1. The summed E-state index contributed by atoms with van der Waals surface area (Å²) in [6, 6.07) is 19.8. The average molecular weight is 464 g/mol. The Balaban J connectivity index is 1.36. The smallest absolute Gasteiger partial charge is 0.251 e. The summed E-state index contributed by atoms with van der Waals surface area (Å²) in [6.45, 7) is -0.203. The van der Waals surface area contributed by atoms with Crippen LogP contribution in [0.15, 0.2) is 66.7 Å². The van der Waals surface area contributed by atoms with Gasteiger partial charge in [0, 0.05) is 11.6 Å². The molecule has 1 heterocycles. The summed E-state index contributed by atoms with van der Waals surface area (Å²) in [4.78, 5) is 29.1. The Hall–Kier alpha value is -4.11. The molecule has 8 nitrogen and oxygen atoms in total. The highest BCUT2D eigenvalue weighted by atomic mass is 32.1. The number of carbonyl (C=O) groups excluding carboxylic acids is 2. The van der Waals surface area contributed by atoms with Crippen LogP contribution in [0.1, 0.15) is 10.4 Å². The van der Waals surface area contributed by atoms with E-state index in [0.717, 1.165) is 16.0 Å². The average Bonchev–Trinajstić information content (AvgIpc) is 3.24. The summed E-state index contributed by atoms with van der Waals surface area (Å²) in [7, 11) is 3.00. The quantitative estimate of drug-likeness (QED) is 0.400. The molecule has 4 rings (SSSR count). The zero-order chi connectivity index (χ0) is 23.2. The molecule has 0 aliphatic carbocycles. The number of methoxy groups -OCH3 is 2. The van der Waals surface area contributed by atoms with Crippen LogP contribution in [0.25, 0.3) is 10.2 Å². The molecule has 0 radical (unpaired) electrons. The molecule has 0 fully saturated rings. The van der Waals surface area contributed by atoms with Crippen LogP contribution < -0.4 is 24.8 Å². The second-order valence-corrected chi connectivity index (χ2v) is 7.89. The number of rotatable bonds is 8. The number of nitrogens with one attached hydrogen (secondary N) is 2. The van der Waals surface area contributed by atoms with Gasteiger partial charge in [0.15, 0.2) is 16.6 Å². The summed E-state index contributed by atoms with van der Waals surface area (Å²) in [5.41, 5.74) is 1.09. The first-order valence-electron chi connectivity index (χ1n) is 9.99. The Bertz CT molecular complexity index is 1290. The van der Waals surface area contributed by atoms with Crippen molar-refractivity contribution in [2.45, 2.75) is 0 Å². The fourth-order valence-electron chi connectivity index (χ4n) is 3.05. The third kappa shape index (κ3) is 5.39. The number of hydrogen-bond donors (Lipinski definition) is 2. The van der Waals surface area contributed by atoms with Gasteiger partial charge in [-0.2, -0.15) is 0 Å². The van der Waals surface area contributed by atoms with Crippen LogP contribution in [0.5, 0.6) is 23.0 Å². The van der Waals surface area contributed by atoms with Crippen molar-refractivity contribution in [2.24, 2.45) is 0 Å². The van der Waals surface area contributed by atoms with Gasteiger partial charge in [0.1, 0.15) is 11.5 Å². The molecule has 2 N–H and O–H groups in total. The molecule has 3 aromatic carbocycles. The van der Waals surface area contributed by atoms with Gasteiger partial charge in [0.25, 0.3) is 5.91 Å². The van der Waals surface area contributed by atoms with Gasteiger partial charge in [-0.05, 0) is 42.5 Å². The van der Waals surface area contributed by atoms with Gasteiger partial charge in [0.2, 0.25) is 5.91 Å². The predicted octanol–water partition coefficient (Wildman–Crippen LogP) is 4.47. The highest BCUT2D eigenvalue weighted by Crippen LogP contribution is 2.31. The van der Waals surface area contributed by atoms with Crippen molar-refractivity contribution in [3.63, 3.8) is 0 Å². The van der Waals surface area contributed by atoms with E-state index in [1.165, 1.54) is 25.6 Å². The third-order valence-electron chi connectivity index (χ3n) is 4.64. The molecule has 0 saturated carbocycles. The Morgan fingerprint density at radius 1 is 0.909 bits per heavy atom. The number of hydrogen-bond acceptors (Lipinski definition) is 7. The van der Waals surface area contributed by atoms with Gasteiger partial charge < -0.3 is 24.8 Å². The number of anilines is 1. The summed E-state index contributed by atoms with van der Waals surface area (Å²) in [5, 5.41) is 5.74. The predicted molar refractivity (Wildman–Crippen MR) is 127 cm³/mol. The Morgan fingerprint density at radius 3 is 2.45 bits per heavy atom. The van der Waals surface area contributed by atoms with Crippen molar-refractivity contribution in [1.29, 1.82) is 0 Å². The van der Waals surface area contributed by atoms with Crippen molar-refractivity contribution in [2.75, 3.05) is 26.1 Å². The normalized spacial score (nSPS) is 10.5. The lowest BCUT2D eigenvalue weighted by Gasteiger charge is -2.09. The molecule has 0 spiro atoms. The van der Waals surface area contributed by atoms with Crippen molar-refractivity contribution < 1.29 is 23.8 Å². The molecule has 33 heavy (non-hydrogen) atoms. The molecular weight excluding hydrogens is 442 g/mol. The van der Waals surface area contributed by atoms with Crippen LogP contribution in [-0.4, -0.2) is 37.6 Å². The van der Waals surface area contributed by atoms with E-state index in [1.54, 1.807) is 18.2 Å². The first-order chi connectivity index (χ1) is 16.1. The van der Waals surface area contributed by atoms with E-state index < -0.39 is 5.91 Å². The van der Waals surface area contributed by atoms with E-state index in [1.807, 2.05) is 48.5 Å². The summed E-state index contributed by atoms with van der Waals surface area (Å²) >= 11 is 1.32. The number of nitrogens with zero attached hydrogens (tertiary/aromatic N) is 1. The van der Waals surface area contributed by atoms with Crippen molar-refractivity contribution >= 4 is 38.5 Å². The Labute approximate surface area is 194 Å². The highest BCUT2D eigenvalue weighted by molar-refractivity contribution is 7.22. The van der Waals surface area contributed by atoms with Crippen LogP contribution in [0, 0.1) is 0 Å². The lowest BCUT2D eigenvalue weighted by atomic mass is 10.2. The number of para-hydroxylation sites is 1.